The number of ether oxygens (including phenoxy) is 1. The first-order valence-corrected chi connectivity index (χ1v) is 10.3. The molecule has 3 amide bonds. The molecule has 168 valence electrons. The fourth-order valence-corrected chi connectivity index (χ4v) is 2.84. The standard InChI is InChI=1S/C25H24N4O4/c1-3-33-20-14-10-18(11-15-20)16-26-29-25(32)24(31)28-22-7-5-4-6-21(22)23(30)27-19-12-8-17(2)9-13-19/h4-16H,3H2,1-2H3,(H,27,30)(H,28,31)(H,29,32)/b26-16-. The minimum atomic E-state index is -0.967. The highest BCUT2D eigenvalue weighted by Crippen LogP contribution is 2.18. The topological polar surface area (TPSA) is 109 Å². The van der Waals surface area contributed by atoms with Gasteiger partial charge in [0.05, 0.1) is 24.1 Å². The number of hydrogen-bond acceptors (Lipinski definition) is 5. The van der Waals surface area contributed by atoms with Gasteiger partial charge < -0.3 is 15.4 Å². The Morgan fingerprint density at radius 1 is 0.879 bits per heavy atom. The number of nitrogens with one attached hydrogen (secondary N) is 3. The molecule has 3 aromatic carbocycles. The van der Waals surface area contributed by atoms with Crippen LogP contribution in [-0.2, 0) is 9.59 Å². The largest absolute Gasteiger partial charge is 0.494 e. The second-order valence-electron chi connectivity index (χ2n) is 7.02. The van der Waals surface area contributed by atoms with Crippen LogP contribution in [-0.4, -0.2) is 30.5 Å². The second kappa shape index (κ2) is 11.2. The van der Waals surface area contributed by atoms with Crippen molar-refractivity contribution in [2.75, 3.05) is 17.2 Å². The maximum absolute atomic E-state index is 12.7. The Kier molecular flexibility index (Phi) is 7.91. The lowest BCUT2D eigenvalue weighted by atomic mass is 10.1. The van der Waals surface area contributed by atoms with Crippen LogP contribution in [0.15, 0.2) is 77.9 Å². The maximum Gasteiger partial charge on any atom is 0.329 e. The third-order valence-corrected chi connectivity index (χ3v) is 4.51. The molecule has 3 N–H and O–H groups in total. The second-order valence-corrected chi connectivity index (χ2v) is 7.02. The van der Waals surface area contributed by atoms with Gasteiger partial charge in [0.2, 0.25) is 0 Å². The molecule has 0 radical (unpaired) electrons. The molecule has 0 saturated carbocycles. The summed E-state index contributed by atoms with van der Waals surface area (Å²) in [6, 6.07) is 20.8. The molecule has 0 unspecified atom stereocenters. The van der Waals surface area contributed by atoms with Gasteiger partial charge in [-0.1, -0.05) is 29.8 Å². The van der Waals surface area contributed by atoms with Gasteiger partial charge in [0.15, 0.2) is 0 Å². The zero-order chi connectivity index (χ0) is 23.6. The zero-order valence-electron chi connectivity index (χ0n) is 18.3. The van der Waals surface area contributed by atoms with Crippen LogP contribution >= 0.6 is 0 Å². The minimum absolute atomic E-state index is 0.206. The van der Waals surface area contributed by atoms with E-state index in [0.717, 1.165) is 16.9 Å². The molecule has 0 aromatic heterocycles. The van der Waals surface area contributed by atoms with Gasteiger partial charge in [0, 0.05) is 5.69 Å². The Bertz CT molecular complexity index is 1160. The molecule has 8 heteroatoms. The highest BCUT2D eigenvalue weighted by Gasteiger charge is 2.17. The summed E-state index contributed by atoms with van der Waals surface area (Å²) in [5.41, 5.74) is 5.00. The molecule has 0 fully saturated rings. The van der Waals surface area contributed by atoms with Crippen molar-refractivity contribution in [3.05, 3.63) is 89.5 Å². The fourth-order valence-electron chi connectivity index (χ4n) is 2.84. The van der Waals surface area contributed by atoms with Crippen LogP contribution < -0.4 is 20.8 Å². The number of carbonyl (C=O) groups is 3. The quantitative estimate of drug-likeness (QED) is 0.293. The van der Waals surface area contributed by atoms with E-state index in [4.69, 9.17) is 4.74 Å². The number of carbonyl (C=O) groups excluding carboxylic acids is 3. The van der Waals surface area contributed by atoms with Gasteiger partial charge in [-0.15, -0.1) is 0 Å². The van der Waals surface area contributed by atoms with Crippen LogP contribution in [0.25, 0.3) is 0 Å². The summed E-state index contributed by atoms with van der Waals surface area (Å²) in [5, 5.41) is 9.02. The highest BCUT2D eigenvalue weighted by molar-refractivity contribution is 6.40. The van der Waals surface area contributed by atoms with Crippen LogP contribution in [0.1, 0.15) is 28.4 Å². The molecule has 0 saturated heterocycles. The number of para-hydroxylation sites is 1. The van der Waals surface area contributed by atoms with E-state index in [1.807, 2.05) is 26.0 Å². The SMILES string of the molecule is CCOc1ccc(/C=N\NC(=O)C(=O)Nc2ccccc2C(=O)Nc2ccc(C)cc2)cc1. The van der Waals surface area contributed by atoms with Gasteiger partial charge in [-0.2, -0.15) is 5.10 Å². The average molecular weight is 444 g/mol. The molecule has 0 atom stereocenters. The molecule has 0 spiro atoms. The van der Waals surface area contributed by atoms with E-state index in [2.05, 4.69) is 21.2 Å². The van der Waals surface area contributed by atoms with Crippen LogP contribution in [0, 0.1) is 6.92 Å². The van der Waals surface area contributed by atoms with Crippen molar-refractivity contribution in [2.45, 2.75) is 13.8 Å². The van der Waals surface area contributed by atoms with Gasteiger partial charge in [-0.25, -0.2) is 5.43 Å². The van der Waals surface area contributed by atoms with E-state index in [0.29, 0.717) is 12.3 Å². The van der Waals surface area contributed by atoms with Crippen LogP contribution in [0.2, 0.25) is 0 Å². The van der Waals surface area contributed by atoms with Crippen LogP contribution in [0.5, 0.6) is 5.75 Å². The van der Waals surface area contributed by atoms with Crippen molar-refractivity contribution in [2.24, 2.45) is 5.10 Å². The average Bonchev–Trinajstić information content (AvgIpc) is 2.82. The number of hydrogen-bond donors (Lipinski definition) is 3. The zero-order valence-corrected chi connectivity index (χ0v) is 18.3. The van der Waals surface area contributed by atoms with E-state index < -0.39 is 17.7 Å². The van der Waals surface area contributed by atoms with Gasteiger partial charge in [0.1, 0.15) is 5.75 Å². The molecule has 3 rings (SSSR count). The van der Waals surface area contributed by atoms with Gasteiger partial charge in [0.25, 0.3) is 5.91 Å². The van der Waals surface area contributed by atoms with E-state index >= 15 is 0 Å². The van der Waals surface area contributed by atoms with Crippen molar-refractivity contribution in [1.29, 1.82) is 0 Å². The smallest absolute Gasteiger partial charge is 0.329 e. The van der Waals surface area contributed by atoms with E-state index in [1.54, 1.807) is 60.7 Å². The molecule has 0 aliphatic heterocycles. The molecule has 33 heavy (non-hydrogen) atoms. The van der Waals surface area contributed by atoms with E-state index in [1.165, 1.54) is 6.21 Å². The first kappa shape index (κ1) is 23.2. The lowest BCUT2D eigenvalue weighted by Crippen LogP contribution is -2.33. The first-order valence-electron chi connectivity index (χ1n) is 10.3. The minimum Gasteiger partial charge on any atom is -0.494 e. The summed E-state index contributed by atoms with van der Waals surface area (Å²) in [6.07, 6.45) is 1.41. The first-order chi connectivity index (χ1) is 16.0. The van der Waals surface area contributed by atoms with Gasteiger partial charge >= 0.3 is 11.8 Å². The van der Waals surface area contributed by atoms with Crippen molar-refractivity contribution in [3.63, 3.8) is 0 Å². The van der Waals surface area contributed by atoms with Crippen molar-refractivity contribution >= 4 is 35.3 Å². The predicted molar refractivity (Wildman–Crippen MR) is 128 cm³/mol. The third kappa shape index (κ3) is 6.76. The summed E-state index contributed by atoms with van der Waals surface area (Å²) in [4.78, 5) is 37.1. The number of benzene rings is 3. The number of anilines is 2. The summed E-state index contributed by atoms with van der Waals surface area (Å²) in [7, 11) is 0. The number of nitrogens with zero attached hydrogens (tertiary/aromatic N) is 1. The van der Waals surface area contributed by atoms with E-state index in [9.17, 15) is 14.4 Å². The summed E-state index contributed by atoms with van der Waals surface area (Å²) in [5.74, 6) is -1.60. The molecule has 0 aliphatic rings. The molecular weight excluding hydrogens is 420 g/mol. The lowest BCUT2D eigenvalue weighted by molar-refractivity contribution is -0.136. The summed E-state index contributed by atoms with van der Waals surface area (Å²) >= 11 is 0. The Balaban J connectivity index is 1.59. The van der Waals surface area contributed by atoms with Crippen molar-refractivity contribution in [3.8, 4) is 5.75 Å². The Morgan fingerprint density at radius 2 is 1.58 bits per heavy atom. The summed E-state index contributed by atoms with van der Waals surface area (Å²) in [6.45, 7) is 4.41. The number of rotatable bonds is 7. The molecular formula is C25H24N4O4. The Hall–Kier alpha value is -4.46. The Morgan fingerprint density at radius 3 is 2.27 bits per heavy atom. The molecule has 0 aliphatic carbocycles. The van der Waals surface area contributed by atoms with E-state index in [-0.39, 0.29) is 11.3 Å². The van der Waals surface area contributed by atoms with Crippen molar-refractivity contribution in [1.82, 2.24) is 5.43 Å². The fraction of sp³-hybridized carbons (Fsp3) is 0.120. The van der Waals surface area contributed by atoms with Gasteiger partial charge in [-0.3, -0.25) is 14.4 Å². The monoisotopic (exact) mass is 444 g/mol. The van der Waals surface area contributed by atoms with Crippen molar-refractivity contribution < 1.29 is 19.1 Å². The molecule has 0 bridgehead atoms. The highest BCUT2D eigenvalue weighted by atomic mass is 16.5. The number of aryl methyl sites for hydroxylation is 1. The Labute approximate surface area is 191 Å². The van der Waals surface area contributed by atoms with Crippen LogP contribution in [0.4, 0.5) is 11.4 Å². The van der Waals surface area contributed by atoms with Gasteiger partial charge in [-0.05, 0) is 67.9 Å². The number of hydrazone groups is 1. The predicted octanol–water partition coefficient (Wildman–Crippen LogP) is 3.73. The van der Waals surface area contributed by atoms with Crippen LogP contribution in [0.3, 0.4) is 0 Å². The normalized spacial score (nSPS) is 10.5. The number of amides is 3. The summed E-state index contributed by atoms with van der Waals surface area (Å²) < 4.78 is 5.36. The third-order valence-electron chi connectivity index (χ3n) is 4.51. The molecule has 3 aromatic rings. The lowest BCUT2D eigenvalue weighted by Gasteiger charge is -2.11. The maximum atomic E-state index is 12.7. The molecule has 0 heterocycles. The molecule has 8 nitrogen and oxygen atoms in total.